The topological polar surface area (TPSA) is 20.3 Å². The maximum atomic E-state index is 11.2. The van der Waals surface area contributed by atoms with Crippen LogP contribution in [0, 0.1) is 5.41 Å². The molecule has 64 valence electrons. The lowest BCUT2D eigenvalue weighted by Crippen LogP contribution is -2.34. The minimum atomic E-state index is 0.264. The monoisotopic (exact) mass is 173 g/mol. The van der Waals surface area contributed by atoms with Gasteiger partial charge in [0.1, 0.15) is 0 Å². The summed E-state index contributed by atoms with van der Waals surface area (Å²) in [4.78, 5) is 13.0. The Morgan fingerprint density at radius 1 is 1.55 bits per heavy atom. The molecule has 3 heteroatoms. The fraction of sp³-hybridized carbons (Fsp3) is 0.875. The highest BCUT2D eigenvalue weighted by molar-refractivity contribution is 8.00. The summed E-state index contributed by atoms with van der Waals surface area (Å²) in [6.45, 7) is 5.29. The minimum absolute atomic E-state index is 0.264. The molecule has 1 aliphatic heterocycles. The third-order valence-electron chi connectivity index (χ3n) is 1.81. The average molecular weight is 173 g/mol. The summed E-state index contributed by atoms with van der Waals surface area (Å²) >= 11 is 1.74. The van der Waals surface area contributed by atoms with E-state index in [9.17, 15) is 4.79 Å². The summed E-state index contributed by atoms with van der Waals surface area (Å²) in [5.41, 5.74) is 0.283. The van der Waals surface area contributed by atoms with Gasteiger partial charge in [0.15, 0.2) is 0 Å². The largest absolute Gasteiger partial charge is 0.344 e. The lowest BCUT2D eigenvalue weighted by Gasteiger charge is -2.25. The van der Waals surface area contributed by atoms with Gasteiger partial charge in [-0.05, 0) is 5.41 Å². The number of carbonyl (C=O) groups excluding carboxylic acids is 1. The van der Waals surface area contributed by atoms with Crippen molar-refractivity contribution in [3.05, 3.63) is 0 Å². The first-order chi connectivity index (χ1) is 5.01. The van der Waals surface area contributed by atoms with E-state index in [1.165, 1.54) is 0 Å². The molecule has 0 radical (unpaired) electrons. The van der Waals surface area contributed by atoms with E-state index < -0.39 is 0 Å². The van der Waals surface area contributed by atoms with E-state index in [0.29, 0.717) is 5.75 Å². The Morgan fingerprint density at radius 3 is 2.82 bits per heavy atom. The van der Waals surface area contributed by atoms with Crippen molar-refractivity contribution in [2.45, 2.75) is 13.8 Å². The van der Waals surface area contributed by atoms with Crippen molar-refractivity contribution in [3.8, 4) is 0 Å². The molecule has 1 rings (SSSR count). The smallest absolute Gasteiger partial charge is 0.232 e. The molecule has 0 saturated carbocycles. The van der Waals surface area contributed by atoms with Crippen LogP contribution in [0.5, 0.6) is 0 Å². The van der Waals surface area contributed by atoms with Gasteiger partial charge >= 0.3 is 0 Å². The zero-order valence-electron chi connectivity index (χ0n) is 7.39. The fourth-order valence-corrected chi connectivity index (χ4v) is 2.44. The third kappa shape index (κ3) is 2.40. The molecule has 0 aromatic heterocycles. The maximum Gasteiger partial charge on any atom is 0.232 e. The van der Waals surface area contributed by atoms with Gasteiger partial charge in [-0.1, -0.05) is 13.8 Å². The molecule has 0 aromatic carbocycles. The Hall–Kier alpha value is -0.180. The van der Waals surface area contributed by atoms with Crippen molar-refractivity contribution in [2.75, 3.05) is 25.1 Å². The van der Waals surface area contributed by atoms with Gasteiger partial charge < -0.3 is 4.90 Å². The van der Waals surface area contributed by atoms with Crippen LogP contribution in [-0.2, 0) is 4.79 Å². The zero-order valence-corrected chi connectivity index (χ0v) is 8.20. The number of amides is 1. The second kappa shape index (κ2) is 3.05. The number of nitrogens with zero attached hydrogens (tertiary/aromatic N) is 1. The van der Waals surface area contributed by atoms with Crippen molar-refractivity contribution in [3.63, 3.8) is 0 Å². The molecular formula is C8H15NOS. The number of hydrogen-bond donors (Lipinski definition) is 0. The second-order valence-corrected chi connectivity index (χ2v) is 4.89. The highest BCUT2D eigenvalue weighted by Gasteiger charge is 2.26. The van der Waals surface area contributed by atoms with Gasteiger partial charge in [0.05, 0.1) is 5.75 Å². The van der Waals surface area contributed by atoms with Crippen LogP contribution >= 0.6 is 11.8 Å². The van der Waals surface area contributed by atoms with E-state index in [4.69, 9.17) is 0 Å². The Kier molecular flexibility index (Phi) is 2.47. The fourth-order valence-electron chi connectivity index (χ4n) is 1.30. The van der Waals surface area contributed by atoms with Crippen LogP contribution in [0.1, 0.15) is 13.8 Å². The summed E-state index contributed by atoms with van der Waals surface area (Å²) in [5.74, 6) is 2.00. The molecule has 0 spiro atoms. The van der Waals surface area contributed by atoms with Crippen molar-refractivity contribution in [1.29, 1.82) is 0 Å². The normalized spacial score (nSPS) is 25.0. The first-order valence-corrected chi connectivity index (χ1v) is 4.98. The molecular weight excluding hydrogens is 158 g/mol. The number of hydrogen-bond acceptors (Lipinski definition) is 2. The molecule has 11 heavy (non-hydrogen) atoms. The number of carbonyl (C=O) groups is 1. The van der Waals surface area contributed by atoms with E-state index in [0.717, 1.165) is 12.3 Å². The lowest BCUT2D eigenvalue weighted by molar-refractivity contribution is -0.127. The first-order valence-electron chi connectivity index (χ1n) is 3.83. The highest BCUT2D eigenvalue weighted by atomic mass is 32.2. The molecule has 0 unspecified atom stereocenters. The second-order valence-electron chi connectivity index (χ2n) is 3.91. The van der Waals surface area contributed by atoms with Crippen molar-refractivity contribution in [2.24, 2.45) is 5.41 Å². The molecule has 1 aliphatic rings. The molecule has 1 saturated heterocycles. The summed E-state index contributed by atoms with van der Waals surface area (Å²) in [5, 5.41) is 0. The lowest BCUT2D eigenvalue weighted by atomic mass is 9.96. The Bertz CT molecular complexity index is 167. The quantitative estimate of drug-likeness (QED) is 0.549. The van der Waals surface area contributed by atoms with Crippen LogP contribution in [-0.4, -0.2) is 35.9 Å². The van der Waals surface area contributed by atoms with Crippen molar-refractivity contribution >= 4 is 17.7 Å². The molecule has 1 heterocycles. The van der Waals surface area contributed by atoms with Gasteiger partial charge in [0, 0.05) is 19.3 Å². The Morgan fingerprint density at radius 2 is 2.18 bits per heavy atom. The van der Waals surface area contributed by atoms with Crippen LogP contribution in [0.25, 0.3) is 0 Å². The summed E-state index contributed by atoms with van der Waals surface area (Å²) in [7, 11) is 1.88. The predicted octanol–water partition coefficient (Wildman–Crippen LogP) is 1.22. The van der Waals surface area contributed by atoms with E-state index in [-0.39, 0.29) is 11.3 Å². The van der Waals surface area contributed by atoms with Crippen molar-refractivity contribution < 1.29 is 4.79 Å². The first kappa shape index (κ1) is 8.91. The summed E-state index contributed by atoms with van der Waals surface area (Å²) < 4.78 is 0. The van der Waals surface area contributed by atoms with Gasteiger partial charge in [-0.15, -0.1) is 0 Å². The highest BCUT2D eigenvalue weighted by Crippen LogP contribution is 2.25. The van der Waals surface area contributed by atoms with Gasteiger partial charge in [0.2, 0.25) is 5.91 Å². The van der Waals surface area contributed by atoms with Gasteiger partial charge in [-0.3, -0.25) is 4.79 Å². The number of rotatable bonds is 0. The minimum Gasteiger partial charge on any atom is -0.344 e. The zero-order chi connectivity index (χ0) is 8.48. The SMILES string of the molecule is CN1CC(C)(C)CSCC1=O. The standard InChI is InChI=1S/C8H15NOS/c1-8(2)5-9(3)7(10)4-11-6-8/h4-6H2,1-3H3. The molecule has 0 N–H and O–H groups in total. The predicted molar refractivity (Wildman–Crippen MR) is 48.7 cm³/mol. The van der Waals surface area contributed by atoms with Crippen LogP contribution < -0.4 is 0 Å². The van der Waals surface area contributed by atoms with Crippen LogP contribution in [0.4, 0.5) is 0 Å². The van der Waals surface area contributed by atoms with Gasteiger partial charge in [-0.2, -0.15) is 11.8 Å². The Balaban J connectivity index is 2.63. The molecule has 2 nitrogen and oxygen atoms in total. The average Bonchev–Trinajstić information content (AvgIpc) is 1.93. The Labute approximate surface area is 72.3 Å². The van der Waals surface area contributed by atoms with Crippen LogP contribution in [0.15, 0.2) is 0 Å². The molecule has 1 fully saturated rings. The van der Waals surface area contributed by atoms with E-state index in [1.807, 2.05) is 11.9 Å². The van der Waals surface area contributed by atoms with Crippen LogP contribution in [0.2, 0.25) is 0 Å². The van der Waals surface area contributed by atoms with Crippen LogP contribution in [0.3, 0.4) is 0 Å². The van der Waals surface area contributed by atoms with Gasteiger partial charge in [0.25, 0.3) is 0 Å². The molecule has 0 bridgehead atoms. The van der Waals surface area contributed by atoms with E-state index in [2.05, 4.69) is 13.8 Å². The maximum absolute atomic E-state index is 11.2. The number of thioether (sulfide) groups is 1. The van der Waals surface area contributed by atoms with Crippen molar-refractivity contribution in [1.82, 2.24) is 4.90 Å². The molecule has 0 atom stereocenters. The molecule has 0 aliphatic carbocycles. The summed E-state index contributed by atoms with van der Waals surface area (Å²) in [6, 6.07) is 0. The van der Waals surface area contributed by atoms with E-state index in [1.54, 1.807) is 11.8 Å². The van der Waals surface area contributed by atoms with Gasteiger partial charge in [-0.25, -0.2) is 0 Å². The molecule has 0 aromatic rings. The molecule has 1 amide bonds. The third-order valence-corrected chi connectivity index (χ3v) is 3.25. The van der Waals surface area contributed by atoms with E-state index >= 15 is 0 Å². The summed E-state index contributed by atoms with van der Waals surface area (Å²) in [6.07, 6.45) is 0.